The van der Waals surface area contributed by atoms with Gasteiger partial charge < -0.3 is 0 Å². The van der Waals surface area contributed by atoms with Gasteiger partial charge in [0.05, 0.1) is 10.5 Å². The third-order valence-corrected chi connectivity index (χ3v) is 2.10. The first-order valence-corrected chi connectivity index (χ1v) is 5.07. The van der Waals surface area contributed by atoms with Crippen molar-refractivity contribution < 1.29 is 0 Å². The van der Waals surface area contributed by atoms with Crippen LogP contribution >= 0.6 is 23.5 Å². The van der Waals surface area contributed by atoms with Gasteiger partial charge in [-0.1, -0.05) is 11.8 Å². The van der Waals surface area contributed by atoms with Gasteiger partial charge in [0.2, 0.25) is 0 Å². The van der Waals surface area contributed by atoms with E-state index >= 15 is 0 Å². The maximum absolute atomic E-state index is 8.29. The normalized spacial score (nSPS) is 13.0. The Morgan fingerprint density at radius 1 is 0.917 bits per heavy atom. The predicted octanol–water partition coefficient (Wildman–Crippen LogP) is 2.20. The summed E-state index contributed by atoms with van der Waals surface area (Å²) in [7, 11) is 0. The fourth-order valence-corrected chi connectivity index (χ4v) is 1.02. The molecular weight excluding hydrogens is 188 g/mol. The summed E-state index contributed by atoms with van der Waals surface area (Å²) in [4.78, 5) is 0. The van der Waals surface area contributed by atoms with E-state index in [4.69, 9.17) is 10.5 Å². The molecule has 0 radical (unpaired) electrons. The monoisotopic (exact) mass is 196 g/mol. The Morgan fingerprint density at radius 3 is 1.50 bits per heavy atom. The second-order valence-corrected chi connectivity index (χ2v) is 4.24. The van der Waals surface area contributed by atoms with Gasteiger partial charge in [-0.3, -0.25) is 0 Å². The van der Waals surface area contributed by atoms with E-state index in [1.54, 1.807) is 0 Å². The Hall–Kier alpha value is -0.760. The zero-order valence-electron chi connectivity index (χ0n) is 6.87. The summed E-state index contributed by atoms with van der Waals surface area (Å²) in [5.74, 6) is 5.77. The van der Waals surface area contributed by atoms with Gasteiger partial charge >= 0.3 is 0 Å². The molecule has 2 nitrogen and oxygen atoms in total. The van der Waals surface area contributed by atoms with Gasteiger partial charge in [-0.25, -0.2) is 0 Å². The topological polar surface area (TPSA) is 47.6 Å². The van der Waals surface area contributed by atoms with Crippen molar-refractivity contribution in [2.75, 3.05) is 0 Å². The molecule has 0 saturated carbocycles. The number of nitrogens with zero attached hydrogens (tertiary/aromatic N) is 2. The largest absolute Gasteiger partial charge is 0.185 e. The molecule has 0 aliphatic carbocycles. The number of nitriles is 2. The van der Waals surface area contributed by atoms with E-state index in [9.17, 15) is 0 Å². The van der Waals surface area contributed by atoms with Crippen molar-refractivity contribution in [3.8, 4) is 22.6 Å². The van der Waals surface area contributed by atoms with Crippen LogP contribution in [0.4, 0.5) is 0 Å². The predicted molar refractivity (Wildman–Crippen MR) is 53.1 cm³/mol. The van der Waals surface area contributed by atoms with Crippen LogP contribution in [-0.2, 0) is 0 Å². The van der Waals surface area contributed by atoms with Crippen LogP contribution in [0.1, 0.15) is 13.8 Å². The average Bonchev–Trinajstić information content (AvgIpc) is 2.02. The van der Waals surface area contributed by atoms with Crippen molar-refractivity contribution >= 4 is 23.5 Å². The summed E-state index contributed by atoms with van der Waals surface area (Å²) in [6.07, 6.45) is 0. The lowest BCUT2D eigenvalue weighted by molar-refractivity contribution is 1.26. The zero-order valence-corrected chi connectivity index (χ0v) is 8.50. The highest BCUT2D eigenvalue weighted by Crippen LogP contribution is 2.09. The van der Waals surface area contributed by atoms with Crippen LogP contribution in [0.25, 0.3) is 0 Å². The van der Waals surface area contributed by atoms with Crippen molar-refractivity contribution in [3.05, 3.63) is 0 Å². The Morgan fingerprint density at radius 2 is 1.25 bits per heavy atom. The minimum atomic E-state index is 0.0248. The molecule has 0 aromatic carbocycles. The molecule has 0 heterocycles. The van der Waals surface area contributed by atoms with Crippen LogP contribution in [0.3, 0.4) is 0 Å². The quantitative estimate of drug-likeness (QED) is 0.502. The van der Waals surface area contributed by atoms with Crippen molar-refractivity contribution in [3.63, 3.8) is 0 Å². The Balaban J connectivity index is 3.88. The maximum atomic E-state index is 8.29. The molecule has 0 bridgehead atoms. The van der Waals surface area contributed by atoms with Gasteiger partial charge in [0, 0.05) is 0 Å². The van der Waals surface area contributed by atoms with E-state index in [2.05, 4.69) is 11.8 Å². The zero-order chi connectivity index (χ0) is 9.40. The second-order valence-electron chi connectivity index (χ2n) is 1.99. The number of hydrogen-bond acceptors (Lipinski definition) is 4. The summed E-state index contributed by atoms with van der Waals surface area (Å²) in [6.45, 7) is 3.73. The lowest BCUT2D eigenvalue weighted by Gasteiger charge is -1.95. The van der Waals surface area contributed by atoms with E-state index in [1.165, 1.54) is 0 Å². The fraction of sp³-hybridized carbons (Fsp3) is 0.500. The molecule has 62 valence electrons. The molecule has 2 unspecified atom stereocenters. The van der Waals surface area contributed by atoms with Crippen LogP contribution in [-0.4, -0.2) is 10.5 Å². The highest BCUT2D eigenvalue weighted by molar-refractivity contribution is 8.04. The van der Waals surface area contributed by atoms with E-state index in [0.717, 1.165) is 23.5 Å². The second kappa shape index (κ2) is 6.92. The van der Waals surface area contributed by atoms with Gasteiger partial charge in [0.1, 0.15) is 10.8 Å². The van der Waals surface area contributed by atoms with E-state index in [-0.39, 0.29) is 10.5 Å². The lowest BCUT2D eigenvalue weighted by Crippen LogP contribution is -1.93. The molecule has 0 amide bonds. The summed E-state index contributed by atoms with van der Waals surface area (Å²) < 4.78 is 0. The summed E-state index contributed by atoms with van der Waals surface area (Å²) >= 11 is 2.26. The molecule has 0 aromatic rings. The molecule has 0 aliphatic heterocycles. The van der Waals surface area contributed by atoms with Crippen LogP contribution in [0.2, 0.25) is 0 Å². The molecule has 2 atom stereocenters. The molecule has 0 saturated heterocycles. The molecule has 0 N–H and O–H groups in total. The molecule has 4 heteroatoms. The molecule has 12 heavy (non-hydrogen) atoms. The highest BCUT2D eigenvalue weighted by atomic mass is 32.2. The van der Waals surface area contributed by atoms with Crippen LogP contribution in [0.5, 0.6) is 0 Å². The maximum Gasteiger partial charge on any atom is 0.134 e. The fourth-order valence-electron chi connectivity index (χ4n) is 0.452. The molecule has 0 aliphatic rings. The first-order chi connectivity index (χ1) is 5.70. The molecule has 0 rings (SSSR count). The van der Waals surface area contributed by atoms with E-state index < -0.39 is 0 Å². The van der Waals surface area contributed by atoms with Crippen molar-refractivity contribution in [1.29, 1.82) is 10.5 Å². The summed E-state index contributed by atoms with van der Waals surface area (Å²) in [5, 5.41) is 20.6. The minimum Gasteiger partial charge on any atom is -0.185 e. The number of rotatable bonds is 2. The molecule has 0 spiro atoms. The van der Waals surface area contributed by atoms with Crippen LogP contribution in [0.15, 0.2) is 0 Å². The van der Waals surface area contributed by atoms with Gasteiger partial charge in [-0.15, -0.1) is 0 Å². The SMILES string of the molecule is CC(C#CC(C)SC#N)SC#N. The first-order valence-electron chi connectivity index (χ1n) is 3.31. The Labute approximate surface area is 81.3 Å². The van der Waals surface area contributed by atoms with Gasteiger partial charge in [0.25, 0.3) is 0 Å². The molecule has 0 aromatic heterocycles. The molecular formula is C8H8N2S2. The smallest absolute Gasteiger partial charge is 0.134 e. The minimum absolute atomic E-state index is 0.0248. The van der Waals surface area contributed by atoms with Crippen molar-refractivity contribution in [2.45, 2.75) is 24.3 Å². The Kier molecular flexibility index (Phi) is 6.48. The highest BCUT2D eigenvalue weighted by Gasteiger charge is 1.97. The first kappa shape index (κ1) is 11.2. The van der Waals surface area contributed by atoms with Crippen molar-refractivity contribution in [2.24, 2.45) is 0 Å². The third kappa shape index (κ3) is 5.98. The summed E-state index contributed by atoms with van der Waals surface area (Å²) in [5.41, 5.74) is 0. The van der Waals surface area contributed by atoms with Gasteiger partial charge in [0.15, 0.2) is 0 Å². The van der Waals surface area contributed by atoms with Gasteiger partial charge in [-0.2, -0.15) is 10.5 Å². The van der Waals surface area contributed by atoms with Crippen LogP contribution < -0.4 is 0 Å². The lowest BCUT2D eigenvalue weighted by atomic mass is 10.4. The third-order valence-electron chi connectivity index (χ3n) is 0.949. The molecule has 0 fully saturated rings. The van der Waals surface area contributed by atoms with Gasteiger partial charge in [-0.05, 0) is 37.4 Å². The standard InChI is InChI=1S/C8H8N2S2/c1-7(11-5-9)3-4-8(2)12-6-10/h7-8H,1-2H3. The van der Waals surface area contributed by atoms with E-state index in [1.807, 2.05) is 24.6 Å². The summed E-state index contributed by atoms with van der Waals surface area (Å²) in [6, 6.07) is 0. The van der Waals surface area contributed by atoms with E-state index in [0.29, 0.717) is 0 Å². The van der Waals surface area contributed by atoms with Crippen LogP contribution in [0, 0.1) is 33.2 Å². The number of thioether (sulfide) groups is 2. The average molecular weight is 196 g/mol. The number of hydrogen-bond donors (Lipinski definition) is 0. The number of thiocyanates is 2. The Bertz CT molecular complexity index is 237. The van der Waals surface area contributed by atoms with Crippen molar-refractivity contribution in [1.82, 2.24) is 0 Å².